The van der Waals surface area contributed by atoms with Gasteiger partial charge in [-0.3, -0.25) is 0 Å². The van der Waals surface area contributed by atoms with Crippen molar-refractivity contribution < 1.29 is 0 Å². The molecule has 0 aliphatic rings. The van der Waals surface area contributed by atoms with Crippen LogP contribution >= 0.6 is 11.3 Å². The minimum absolute atomic E-state index is 0.804. The number of aryl methyl sites for hydroxylation is 3. The van der Waals surface area contributed by atoms with Crippen molar-refractivity contribution in [3.05, 3.63) is 33.5 Å². The van der Waals surface area contributed by atoms with Crippen LogP contribution in [0.2, 0.25) is 0 Å². The van der Waals surface area contributed by atoms with Crippen LogP contribution in [0.3, 0.4) is 0 Å². The van der Waals surface area contributed by atoms with Gasteiger partial charge in [-0.25, -0.2) is 4.68 Å². The molecule has 15 heavy (non-hydrogen) atoms. The molecule has 0 saturated heterocycles. The molecule has 5 heteroatoms. The molecule has 0 aromatic carbocycles. The Morgan fingerprint density at radius 2 is 1.93 bits per heavy atom. The van der Waals surface area contributed by atoms with Crippen LogP contribution in [0.5, 0.6) is 0 Å². The van der Waals surface area contributed by atoms with Crippen molar-refractivity contribution in [2.24, 2.45) is 5.10 Å². The number of thiophene rings is 1. The predicted octanol–water partition coefficient (Wildman–Crippen LogP) is 2.15. The first-order valence-electron chi connectivity index (χ1n) is 4.65. The van der Waals surface area contributed by atoms with E-state index in [0.29, 0.717) is 0 Å². The fraction of sp³-hybridized carbons (Fsp3) is 0.300. The molecule has 0 unspecified atom stereocenters. The topological polar surface area (TPSA) is 43.1 Å². The van der Waals surface area contributed by atoms with E-state index in [1.807, 2.05) is 20.1 Å². The van der Waals surface area contributed by atoms with E-state index in [0.717, 1.165) is 11.6 Å². The van der Waals surface area contributed by atoms with Gasteiger partial charge in [0.25, 0.3) is 0 Å². The molecule has 2 heterocycles. The molecule has 0 spiro atoms. The number of nitrogens with zero attached hydrogens (tertiary/aromatic N) is 4. The van der Waals surface area contributed by atoms with Crippen molar-refractivity contribution in [2.45, 2.75) is 20.8 Å². The first kappa shape index (κ1) is 10.0. The fourth-order valence-electron chi connectivity index (χ4n) is 1.26. The van der Waals surface area contributed by atoms with Crippen LogP contribution in [-0.2, 0) is 0 Å². The Bertz CT molecular complexity index is 476. The minimum Gasteiger partial charge on any atom is -0.202 e. The molecule has 0 saturated carbocycles. The van der Waals surface area contributed by atoms with Crippen LogP contribution in [0, 0.1) is 20.8 Å². The van der Waals surface area contributed by atoms with E-state index in [1.165, 1.54) is 10.4 Å². The first-order valence-corrected chi connectivity index (χ1v) is 5.53. The van der Waals surface area contributed by atoms with E-state index in [2.05, 4.69) is 33.7 Å². The lowest BCUT2D eigenvalue weighted by Gasteiger charge is -1.96. The fourth-order valence-corrected chi connectivity index (χ4v) is 2.04. The molecule has 2 aromatic rings. The van der Waals surface area contributed by atoms with Crippen LogP contribution in [0.25, 0.3) is 0 Å². The summed E-state index contributed by atoms with van der Waals surface area (Å²) in [6.45, 7) is 5.85. The summed E-state index contributed by atoms with van der Waals surface area (Å²) in [5.74, 6) is 1.61. The van der Waals surface area contributed by atoms with Gasteiger partial charge < -0.3 is 0 Å². The average Bonchev–Trinajstić information content (AvgIpc) is 2.73. The van der Waals surface area contributed by atoms with Crippen LogP contribution < -0.4 is 0 Å². The number of hydrogen-bond acceptors (Lipinski definition) is 4. The van der Waals surface area contributed by atoms with Crippen molar-refractivity contribution >= 4 is 17.6 Å². The Labute approximate surface area is 92.3 Å². The summed E-state index contributed by atoms with van der Waals surface area (Å²) in [7, 11) is 0. The van der Waals surface area contributed by atoms with Crippen LogP contribution in [0.4, 0.5) is 0 Å². The molecule has 2 aromatic heterocycles. The minimum atomic E-state index is 0.804. The van der Waals surface area contributed by atoms with Crippen LogP contribution in [0.15, 0.2) is 16.5 Å². The molecule has 4 nitrogen and oxygen atoms in total. The zero-order valence-electron chi connectivity index (χ0n) is 8.93. The van der Waals surface area contributed by atoms with E-state index in [1.54, 1.807) is 16.0 Å². The smallest absolute Gasteiger partial charge is 0.151 e. The van der Waals surface area contributed by atoms with Crippen molar-refractivity contribution in [3.8, 4) is 0 Å². The van der Waals surface area contributed by atoms with E-state index in [9.17, 15) is 0 Å². The molecule has 0 fully saturated rings. The van der Waals surface area contributed by atoms with Crippen LogP contribution in [0.1, 0.15) is 22.1 Å². The van der Waals surface area contributed by atoms with Crippen molar-refractivity contribution in [2.75, 3.05) is 0 Å². The van der Waals surface area contributed by atoms with Crippen LogP contribution in [-0.4, -0.2) is 21.1 Å². The van der Waals surface area contributed by atoms with Crippen molar-refractivity contribution in [3.63, 3.8) is 0 Å². The molecule has 2 rings (SSSR count). The molecule has 0 atom stereocenters. The van der Waals surface area contributed by atoms with Gasteiger partial charge in [-0.2, -0.15) is 5.10 Å². The second-order valence-electron chi connectivity index (χ2n) is 3.32. The maximum absolute atomic E-state index is 4.35. The van der Waals surface area contributed by atoms with E-state index < -0.39 is 0 Å². The lowest BCUT2D eigenvalue weighted by molar-refractivity contribution is 0.799. The summed E-state index contributed by atoms with van der Waals surface area (Å²) < 4.78 is 1.74. The van der Waals surface area contributed by atoms with E-state index >= 15 is 0 Å². The summed E-state index contributed by atoms with van der Waals surface area (Å²) in [5, 5.41) is 14.3. The average molecular weight is 220 g/mol. The second kappa shape index (κ2) is 3.94. The Kier molecular flexibility index (Phi) is 2.64. The first-order chi connectivity index (χ1) is 7.18. The third-order valence-electron chi connectivity index (χ3n) is 2.14. The van der Waals surface area contributed by atoms with Gasteiger partial charge >= 0.3 is 0 Å². The predicted molar refractivity (Wildman–Crippen MR) is 61.5 cm³/mol. The maximum Gasteiger partial charge on any atom is 0.151 e. The highest BCUT2D eigenvalue weighted by molar-refractivity contribution is 7.11. The Morgan fingerprint density at radius 3 is 2.47 bits per heavy atom. The quantitative estimate of drug-likeness (QED) is 0.728. The van der Waals surface area contributed by atoms with Gasteiger partial charge in [0.15, 0.2) is 11.6 Å². The van der Waals surface area contributed by atoms with E-state index in [4.69, 9.17) is 0 Å². The van der Waals surface area contributed by atoms with Gasteiger partial charge in [-0.05, 0) is 37.8 Å². The van der Waals surface area contributed by atoms with Gasteiger partial charge in [0.05, 0.1) is 11.1 Å². The molecule has 0 aliphatic carbocycles. The highest BCUT2D eigenvalue weighted by Crippen LogP contribution is 2.12. The molecule has 0 amide bonds. The lowest BCUT2D eigenvalue weighted by Crippen LogP contribution is -1.95. The van der Waals surface area contributed by atoms with Crippen molar-refractivity contribution in [1.82, 2.24) is 14.9 Å². The van der Waals surface area contributed by atoms with Crippen molar-refractivity contribution in [1.29, 1.82) is 0 Å². The number of hydrogen-bond donors (Lipinski definition) is 0. The van der Waals surface area contributed by atoms with Gasteiger partial charge in [0.1, 0.15) is 0 Å². The Morgan fingerprint density at radius 1 is 1.27 bits per heavy atom. The zero-order valence-corrected chi connectivity index (χ0v) is 9.75. The van der Waals surface area contributed by atoms with Gasteiger partial charge in [-0.1, -0.05) is 0 Å². The standard InChI is InChI=1S/C10H12N4S/c1-7-4-5-15-10(7)6-11-14-8(2)12-13-9(14)3/h4-6H,1-3H3. The molecule has 0 N–H and O–H groups in total. The third-order valence-corrected chi connectivity index (χ3v) is 3.10. The third kappa shape index (κ3) is 1.97. The Hall–Kier alpha value is -1.49. The lowest BCUT2D eigenvalue weighted by atomic mass is 10.3. The Balaban J connectivity index is 2.30. The summed E-state index contributed by atoms with van der Waals surface area (Å²) in [6, 6.07) is 2.08. The summed E-state index contributed by atoms with van der Waals surface area (Å²) in [4.78, 5) is 1.17. The SMILES string of the molecule is Cc1ccsc1C=Nn1c(C)nnc1C. The summed E-state index contributed by atoms with van der Waals surface area (Å²) in [5.41, 5.74) is 1.24. The molecular formula is C10H12N4S. The second-order valence-corrected chi connectivity index (χ2v) is 4.27. The molecule has 78 valence electrons. The summed E-state index contributed by atoms with van der Waals surface area (Å²) in [6.07, 6.45) is 1.85. The van der Waals surface area contributed by atoms with Gasteiger partial charge in [0, 0.05) is 0 Å². The van der Waals surface area contributed by atoms with Gasteiger partial charge in [0.2, 0.25) is 0 Å². The zero-order chi connectivity index (χ0) is 10.8. The maximum atomic E-state index is 4.35. The summed E-state index contributed by atoms with van der Waals surface area (Å²) >= 11 is 1.68. The molecule has 0 bridgehead atoms. The molecular weight excluding hydrogens is 208 g/mol. The number of rotatable bonds is 2. The monoisotopic (exact) mass is 220 g/mol. The highest BCUT2D eigenvalue weighted by Gasteiger charge is 2.01. The van der Waals surface area contributed by atoms with Gasteiger partial charge in [-0.15, -0.1) is 21.5 Å². The molecule has 0 aliphatic heterocycles. The largest absolute Gasteiger partial charge is 0.202 e. The van der Waals surface area contributed by atoms with E-state index in [-0.39, 0.29) is 0 Å². The molecule has 0 radical (unpaired) electrons. The number of aromatic nitrogens is 3. The highest BCUT2D eigenvalue weighted by atomic mass is 32.1. The normalized spacial score (nSPS) is 11.4.